The fourth-order valence-corrected chi connectivity index (χ4v) is 2.64. The highest BCUT2D eigenvalue weighted by Crippen LogP contribution is 2.29. The zero-order chi connectivity index (χ0) is 15.0. The maximum absolute atomic E-state index is 12.4. The predicted molar refractivity (Wildman–Crippen MR) is 84.1 cm³/mol. The average molecular weight is 281 g/mol. The lowest BCUT2D eigenvalue weighted by molar-refractivity contribution is 0.102. The molecule has 0 spiro atoms. The van der Waals surface area contributed by atoms with E-state index in [9.17, 15) is 4.79 Å². The van der Waals surface area contributed by atoms with Gasteiger partial charge in [-0.05, 0) is 61.7 Å². The number of aryl methyl sites for hydroxylation is 1. The van der Waals surface area contributed by atoms with E-state index in [-0.39, 0.29) is 12.0 Å². The van der Waals surface area contributed by atoms with Gasteiger partial charge in [0.15, 0.2) is 0 Å². The molecule has 2 aromatic carbocycles. The number of nitrogens with one attached hydrogen (secondary N) is 1. The maximum atomic E-state index is 12.4. The standard InChI is InChI=1S/C18H19NO2/c1-11-5-4-6-16(13(11)3)19-18(20)14-7-8-17-15(10-14)9-12(2)21-17/h4-8,10,12H,9H2,1-3H3,(H,19,20)/t12-/m1/s1. The Kier molecular flexibility index (Phi) is 3.42. The molecule has 2 aromatic rings. The van der Waals surface area contributed by atoms with Crippen molar-refractivity contribution >= 4 is 11.6 Å². The van der Waals surface area contributed by atoms with Crippen LogP contribution in [0.2, 0.25) is 0 Å². The zero-order valence-corrected chi connectivity index (χ0v) is 12.6. The first kappa shape index (κ1) is 13.7. The molecule has 1 heterocycles. The Labute approximate surface area is 124 Å². The van der Waals surface area contributed by atoms with Crippen molar-refractivity contribution in [2.75, 3.05) is 5.32 Å². The normalized spacial score (nSPS) is 16.2. The molecule has 21 heavy (non-hydrogen) atoms. The number of carbonyl (C=O) groups excluding carboxylic acids is 1. The van der Waals surface area contributed by atoms with Gasteiger partial charge in [-0.2, -0.15) is 0 Å². The van der Waals surface area contributed by atoms with Crippen LogP contribution in [0.1, 0.15) is 34.0 Å². The summed E-state index contributed by atoms with van der Waals surface area (Å²) >= 11 is 0. The quantitative estimate of drug-likeness (QED) is 0.907. The van der Waals surface area contributed by atoms with Crippen molar-refractivity contribution in [1.82, 2.24) is 0 Å². The summed E-state index contributed by atoms with van der Waals surface area (Å²) in [6.07, 6.45) is 1.05. The van der Waals surface area contributed by atoms with Crippen molar-refractivity contribution in [2.24, 2.45) is 0 Å². The summed E-state index contributed by atoms with van der Waals surface area (Å²) in [5.41, 5.74) is 4.92. The van der Waals surface area contributed by atoms with Crippen LogP contribution in [0.5, 0.6) is 5.75 Å². The van der Waals surface area contributed by atoms with E-state index in [0.717, 1.165) is 29.0 Å². The van der Waals surface area contributed by atoms with E-state index in [1.807, 2.05) is 57.2 Å². The van der Waals surface area contributed by atoms with Gasteiger partial charge in [0.05, 0.1) is 0 Å². The van der Waals surface area contributed by atoms with E-state index in [2.05, 4.69) is 5.32 Å². The van der Waals surface area contributed by atoms with Crippen molar-refractivity contribution in [3.05, 3.63) is 58.7 Å². The van der Waals surface area contributed by atoms with Crippen LogP contribution < -0.4 is 10.1 Å². The third-order valence-corrected chi connectivity index (χ3v) is 4.01. The van der Waals surface area contributed by atoms with Gasteiger partial charge in [0, 0.05) is 17.7 Å². The molecule has 0 bridgehead atoms. The molecule has 1 aliphatic heterocycles. The molecule has 0 saturated carbocycles. The first-order chi connectivity index (χ1) is 10.0. The van der Waals surface area contributed by atoms with Crippen LogP contribution in [0, 0.1) is 13.8 Å². The predicted octanol–water partition coefficient (Wildman–Crippen LogP) is 3.88. The van der Waals surface area contributed by atoms with Gasteiger partial charge in [0.2, 0.25) is 0 Å². The summed E-state index contributed by atoms with van der Waals surface area (Å²) in [7, 11) is 0. The molecule has 0 radical (unpaired) electrons. The maximum Gasteiger partial charge on any atom is 0.255 e. The summed E-state index contributed by atoms with van der Waals surface area (Å²) < 4.78 is 5.66. The van der Waals surface area contributed by atoms with Gasteiger partial charge < -0.3 is 10.1 Å². The number of anilines is 1. The van der Waals surface area contributed by atoms with Gasteiger partial charge in [-0.3, -0.25) is 4.79 Å². The topological polar surface area (TPSA) is 38.3 Å². The minimum Gasteiger partial charge on any atom is -0.490 e. The van der Waals surface area contributed by atoms with Crippen molar-refractivity contribution < 1.29 is 9.53 Å². The highest BCUT2D eigenvalue weighted by Gasteiger charge is 2.20. The molecule has 0 saturated heterocycles. The molecule has 1 amide bonds. The number of amides is 1. The summed E-state index contributed by atoms with van der Waals surface area (Å²) in [4.78, 5) is 12.4. The van der Waals surface area contributed by atoms with Gasteiger partial charge in [0.1, 0.15) is 11.9 Å². The summed E-state index contributed by atoms with van der Waals surface area (Å²) in [6, 6.07) is 11.6. The number of hydrogen-bond donors (Lipinski definition) is 1. The van der Waals surface area contributed by atoms with Crippen molar-refractivity contribution in [3.8, 4) is 5.75 Å². The molecular formula is C18H19NO2. The Hall–Kier alpha value is -2.29. The molecule has 0 aliphatic carbocycles. The smallest absolute Gasteiger partial charge is 0.255 e. The van der Waals surface area contributed by atoms with Crippen LogP contribution >= 0.6 is 0 Å². The fourth-order valence-electron chi connectivity index (χ4n) is 2.64. The lowest BCUT2D eigenvalue weighted by Gasteiger charge is -2.11. The Balaban J connectivity index is 1.83. The van der Waals surface area contributed by atoms with E-state index in [0.29, 0.717) is 5.56 Å². The number of hydrogen-bond acceptors (Lipinski definition) is 2. The molecule has 3 nitrogen and oxygen atoms in total. The van der Waals surface area contributed by atoms with Crippen LogP contribution in [0.4, 0.5) is 5.69 Å². The minimum atomic E-state index is -0.0777. The first-order valence-corrected chi connectivity index (χ1v) is 7.22. The van der Waals surface area contributed by atoms with Gasteiger partial charge in [-0.25, -0.2) is 0 Å². The Morgan fingerprint density at radius 2 is 2.05 bits per heavy atom. The van der Waals surface area contributed by atoms with Crippen LogP contribution in [0.15, 0.2) is 36.4 Å². The van der Waals surface area contributed by atoms with Gasteiger partial charge in [0.25, 0.3) is 5.91 Å². The molecule has 0 fully saturated rings. The van der Waals surface area contributed by atoms with Crippen LogP contribution in [0.3, 0.4) is 0 Å². The van der Waals surface area contributed by atoms with E-state index in [4.69, 9.17) is 4.74 Å². The molecular weight excluding hydrogens is 262 g/mol. The molecule has 0 aromatic heterocycles. The van der Waals surface area contributed by atoms with Crippen molar-refractivity contribution in [1.29, 1.82) is 0 Å². The molecule has 1 N–H and O–H groups in total. The van der Waals surface area contributed by atoms with E-state index < -0.39 is 0 Å². The van der Waals surface area contributed by atoms with Crippen LogP contribution in [0.25, 0.3) is 0 Å². The van der Waals surface area contributed by atoms with Gasteiger partial charge in [-0.1, -0.05) is 12.1 Å². The first-order valence-electron chi connectivity index (χ1n) is 7.22. The number of ether oxygens (including phenoxy) is 1. The van der Waals surface area contributed by atoms with E-state index >= 15 is 0 Å². The third kappa shape index (κ3) is 2.64. The summed E-state index contributed by atoms with van der Waals surface area (Å²) in [5, 5.41) is 2.99. The zero-order valence-electron chi connectivity index (χ0n) is 12.6. The monoisotopic (exact) mass is 281 g/mol. The lowest BCUT2D eigenvalue weighted by atomic mass is 10.1. The average Bonchev–Trinajstić information content (AvgIpc) is 2.82. The van der Waals surface area contributed by atoms with Gasteiger partial charge >= 0.3 is 0 Å². The molecule has 1 atom stereocenters. The van der Waals surface area contributed by atoms with Crippen molar-refractivity contribution in [2.45, 2.75) is 33.3 Å². The Bertz CT molecular complexity index is 706. The SMILES string of the molecule is Cc1cccc(NC(=O)c2ccc3c(c2)C[C@@H](C)O3)c1C. The minimum absolute atomic E-state index is 0.0777. The number of fused-ring (bicyclic) bond motifs is 1. The van der Waals surface area contributed by atoms with Crippen LogP contribution in [-0.4, -0.2) is 12.0 Å². The lowest BCUT2D eigenvalue weighted by Crippen LogP contribution is -2.13. The Morgan fingerprint density at radius 3 is 2.86 bits per heavy atom. The second-order valence-corrected chi connectivity index (χ2v) is 5.66. The van der Waals surface area contributed by atoms with Crippen molar-refractivity contribution in [3.63, 3.8) is 0 Å². The second kappa shape index (κ2) is 5.24. The summed E-state index contributed by atoms with van der Waals surface area (Å²) in [6.45, 7) is 6.10. The fraction of sp³-hybridized carbons (Fsp3) is 0.278. The molecule has 108 valence electrons. The molecule has 3 rings (SSSR count). The highest BCUT2D eigenvalue weighted by atomic mass is 16.5. The molecule has 0 unspecified atom stereocenters. The van der Waals surface area contributed by atoms with Gasteiger partial charge in [-0.15, -0.1) is 0 Å². The second-order valence-electron chi connectivity index (χ2n) is 5.66. The molecule has 3 heteroatoms. The third-order valence-electron chi connectivity index (χ3n) is 4.01. The summed E-state index contributed by atoms with van der Waals surface area (Å²) in [5.74, 6) is 0.817. The number of rotatable bonds is 2. The van der Waals surface area contributed by atoms with Crippen LogP contribution in [-0.2, 0) is 6.42 Å². The largest absolute Gasteiger partial charge is 0.490 e. The highest BCUT2D eigenvalue weighted by molar-refractivity contribution is 6.05. The number of carbonyl (C=O) groups is 1. The number of benzene rings is 2. The van der Waals surface area contributed by atoms with E-state index in [1.165, 1.54) is 5.56 Å². The molecule has 1 aliphatic rings. The van der Waals surface area contributed by atoms with E-state index in [1.54, 1.807) is 0 Å². The Morgan fingerprint density at radius 1 is 1.24 bits per heavy atom.